The second kappa shape index (κ2) is 27.4. The van der Waals surface area contributed by atoms with E-state index in [9.17, 15) is 48.6 Å². The van der Waals surface area contributed by atoms with Crippen molar-refractivity contribution in [2.75, 3.05) is 0 Å². The van der Waals surface area contributed by atoms with Gasteiger partial charge in [0.05, 0.1) is 29.9 Å². The third-order valence-corrected chi connectivity index (χ3v) is 19.5. The first-order valence-corrected chi connectivity index (χ1v) is 32.4. The van der Waals surface area contributed by atoms with Crippen LogP contribution in [0, 0.1) is 12.8 Å². The number of amides is 7. The van der Waals surface area contributed by atoms with Gasteiger partial charge in [0.2, 0.25) is 11.8 Å². The van der Waals surface area contributed by atoms with E-state index in [-0.39, 0.29) is 67.3 Å². The Kier molecular flexibility index (Phi) is 19.3. The maximum Gasteiger partial charge on any atom is 0.351 e. The first kappa shape index (κ1) is 63.4. The number of carboxylic acids is 1. The van der Waals surface area contributed by atoms with E-state index < -0.39 is 95.4 Å². The molecule has 11 N–H and O–H groups in total. The van der Waals surface area contributed by atoms with Crippen molar-refractivity contribution >= 4 is 115 Å². The number of aromatic nitrogens is 7. The number of thiazole rings is 6. The molecule has 10 bridgehead atoms. The Morgan fingerprint density at radius 1 is 0.633 bits per heavy atom. The summed E-state index contributed by atoms with van der Waals surface area (Å²) in [6, 6.07) is 13.7. The summed E-state index contributed by atoms with van der Waals surface area (Å²) in [5.41, 5.74) is 7.03. The fourth-order valence-corrected chi connectivity index (χ4v) is 14.3. The van der Waals surface area contributed by atoms with E-state index in [2.05, 4.69) is 54.7 Å². The number of aryl methyl sites for hydroxylation is 1. The highest BCUT2D eigenvalue weighted by Gasteiger charge is 2.34. The fraction of sp³-hybridized carbons (Fsp3) is 0.203. The van der Waals surface area contributed by atoms with Crippen molar-refractivity contribution < 1.29 is 53.7 Å². The second-order valence-electron chi connectivity index (χ2n) is 20.2. The molecule has 7 aromatic heterocycles. The number of carbonyl (C=O) groups excluding carboxylic acids is 7. The number of hydrogen-bond donors (Lipinski definition) is 10. The van der Waals surface area contributed by atoms with Crippen molar-refractivity contribution in [1.82, 2.24) is 66.8 Å². The minimum absolute atomic E-state index is 0.00140. The van der Waals surface area contributed by atoms with Crippen LogP contribution in [-0.4, -0.2) is 104 Å². The van der Waals surface area contributed by atoms with Crippen LogP contribution in [0.1, 0.15) is 124 Å². The van der Waals surface area contributed by atoms with Crippen LogP contribution in [0.5, 0.6) is 5.75 Å². The molecule has 1 aliphatic heterocycles. The lowest BCUT2D eigenvalue weighted by atomic mass is 9.98. The van der Waals surface area contributed by atoms with Crippen LogP contribution < -0.4 is 37.6 Å². The number of nitrogens with two attached hydrogens (primary N) is 1. The van der Waals surface area contributed by atoms with E-state index in [0.29, 0.717) is 54.4 Å². The summed E-state index contributed by atoms with van der Waals surface area (Å²) >= 11 is 6.70. The summed E-state index contributed by atoms with van der Waals surface area (Å²) in [6.45, 7) is 12.3. The van der Waals surface area contributed by atoms with E-state index in [1.165, 1.54) is 50.9 Å². The average molecular weight is 1330 g/mol. The van der Waals surface area contributed by atoms with Gasteiger partial charge in [0.1, 0.15) is 99.5 Å². The van der Waals surface area contributed by atoms with Crippen LogP contribution in [0.3, 0.4) is 0 Å². The Balaban J connectivity index is 1.05. The molecule has 25 nitrogen and oxygen atoms in total. The fourth-order valence-electron chi connectivity index (χ4n) is 9.02. The van der Waals surface area contributed by atoms with Gasteiger partial charge < -0.3 is 53.0 Å². The molecule has 0 radical (unpaired) electrons. The topological polar surface area (TPSA) is 386 Å². The zero-order chi connectivity index (χ0) is 64.1. The highest BCUT2D eigenvalue weighted by Crippen LogP contribution is 2.40. The monoisotopic (exact) mass is 1320 g/mol. The van der Waals surface area contributed by atoms with Gasteiger partial charge in [0, 0.05) is 43.8 Å². The first-order valence-electron chi connectivity index (χ1n) is 27.1. The number of benzene rings is 2. The van der Waals surface area contributed by atoms with Crippen LogP contribution in [0.15, 0.2) is 118 Å². The van der Waals surface area contributed by atoms with Gasteiger partial charge in [-0.25, -0.2) is 39.7 Å². The minimum atomic E-state index is -1.48. The zero-order valence-electron chi connectivity index (χ0n) is 47.5. The molecule has 9 aromatic rings. The van der Waals surface area contributed by atoms with Gasteiger partial charge in [-0.05, 0) is 48.2 Å². The number of phenols is 1. The quantitative estimate of drug-likeness (QED) is 0.0469. The summed E-state index contributed by atoms with van der Waals surface area (Å²) in [5, 5.41) is 57.0. The molecule has 8 heterocycles. The maximum absolute atomic E-state index is 14.8. The van der Waals surface area contributed by atoms with Crippen LogP contribution in [0.2, 0.25) is 0 Å². The number of aliphatic hydroxyl groups is 1. The summed E-state index contributed by atoms with van der Waals surface area (Å²) in [7, 11) is 0. The molecular weight excluding hydrogens is 1270 g/mol. The zero-order valence-corrected chi connectivity index (χ0v) is 52.4. The summed E-state index contributed by atoms with van der Waals surface area (Å²) < 4.78 is 0. The van der Waals surface area contributed by atoms with Gasteiger partial charge in [0.25, 0.3) is 29.5 Å². The van der Waals surface area contributed by atoms with E-state index in [1.54, 1.807) is 72.3 Å². The largest absolute Gasteiger partial charge is 0.508 e. The molecule has 2 aromatic carbocycles. The molecule has 0 fully saturated rings. The Labute approximate surface area is 535 Å². The number of hydrogen-bond acceptors (Lipinski definition) is 23. The smallest absolute Gasteiger partial charge is 0.351 e. The number of nitrogens with zero attached hydrogens (tertiary/aromatic N) is 7. The molecule has 460 valence electrons. The van der Waals surface area contributed by atoms with Crippen molar-refractivity contribution in [3.05, 3.63) is 172 Å². The first-order chi connectivity index (χ1) is 43.1. The summed E-state index contributed by atoms with van der Waals surface area (Å²) in [5.74, 6) is -7.09. The number of aliphatic carboxylic acids is 1. The molecule has 0 saturated carbocycles. The van der Waals surface area contributed by atoms with Crippen molar-refractivity contribution in [2.24, 2.45) is 11.7 Å². The molecule has 6 atom stereocenters. The number of primary amides is 1. The maximum atomic E-state index is 14.8. The van der Waals surface area contributed by atoms with Gasteiger partial charge in [-0.3, -0.25) is 33.6 Å². The molecule has 31 heteroatoms. The number of carboxylic acid groups (broad SMARTS) is 1. The Morgan fingerprint density at radius 3 is 1.97 bits per heavy atom. The van der Waals surface area contributed by atoms with Gasteiger partial charge in [-0.2, -0.15) is 0 Å². The number of phenolic OH excluding ortho intramolecular Hbond substituents is 1. The van der Waals surface area contributed by atoms with Crippen molar-refractivity contribution in [2.45, 2.75) is 70.3 Å². The highest BCUT2D eigenvalue weighted by molar-refractivity contribution is 7.15. The molecule has 10 rings (SSSR count). The lowest BCUT2D eigenvalue weighted by molar-refractivity contribution is -0.134. The Bertz CT molecular complexity index is 4290. The number of aromatic hydroxyl groups is 1. The molecule has 7 amide bonds. The van der Waals surface area contributed by atoms with Gasteiger partial charge in [0.15, 0.2) is 0 Å². The predicted molar refractivity (Wildman–Crippen MR) is 338 cm³/mol. The third kappa shape index (κ3) is 14.4. The number of carbonyl (C=O) groups is 8. The summed E-state index contributed by atoms with van der Waals surface area (Å²) in [6.07, 6.45) is -1.25. The molecule has 90 heavy (non-hydrogen) atoms. The van der Waals surface area contributed by atoms with Gasteiger partial charge in [-0.1, -0.05) is 75.9 Å². The Morgan fingerprint density at radius 2 is 1.26 bits per heavy atom. The second-order valence-corrected chi connectivity index (χ2v) is 25.8. The lowest BCUT2D eigenvalue weighted by Crippen LogP contribution is -2.49. The van der Waals surface area contributed by atoms with Gasteiger partial charge in [-0.15, -0.1) is 68.0 Å². The van der Waals surface area contributed by atoms with E-state index in [0.717, 1.165) is 45.3 Å². The SMILES string of the molecule is C=C(NC(=O)C(=C)NC(=O)c1csc(-c2ccc3c(n2)-c2csc(n2)-c2csc(n2)C(C(C)CC)NC(=O)C(Cc2ccc(O)cc2)NC(=O)c2csc(n2)C(C(O)c2ccccc2)NC(=O)c2nc(sc2C)C(CC(N)=O)NC(=O)c2csc-3n2)n1)C(=O)O. The van der Waals surface area contributed by atoms with E-state index in [4.69, 9.17) is 30.8 Å². The third-order valence-electron chi connectivity index (χ3n) is 13.9. The van der Waals surface area contributed by atoms with E-state index in [1.807, 2.05) is 19.2 Å². The highest BCUT2D eigenvalue weighted by atomic mass is 32.1. The molecule has 0 spiro atoms. The van der Waals surface area contributed by atoms with E-state index >= 15 is 0 Å². The molecule has 0 aliphatic carbocycles. The van der Waals surface area contributed by atoms with Crippen molar-refractivity contribution in [3.8, 4) is 49.1 Å². The van der Waals surface area contributed by atoms with Gasteiger partial charge >= 0.3 is 5.97 Å². The number of pyridine rings is 1. The normalized spacial score (nSPS) is 16.9. The minimum Gasteiger partial charge on any atom is -0.508 e. The average Bonchev–Trinajstić information content (AvgIpc) is 1.72. The van der Waals surface area contributed by atoms with Crippen molar-refractivity contribution in [1.29, 1.82) is 0 Å². The molecule has 0 saturated heterocycles. The molecule has 1 aliphatic rings. The predicted octanol–water partition coefficient (Wildman–Crippen LogP) is 7.57. The standard InChI is InChI=1S/C59H52N14O11S6/c1-6-25(2)42-57-70-40(24-89-57)55-66-36(20-86-55)44-32(16-17-33(63-44)54-68-37(22-87-54)49(79)61-26(3)47(77)62-27(4)59(83)84)53-67-38(21-85-53)51(81)65-35(19-41(60)75)56-73-43(28(5)90-56)52(82)72-45(46(76)30-10-8-7-9-11-30)58-69-39(23-88-58)50(80)64-34(48(78)71-42)18-29-12-14-31(74)15-13-29/h7-17,20-25,34-35,42,45-46,74,76H,3-4,6,18-19H2,1-2,5H3,(H2,60,75)(H,61,79)(H,62,77)(H,64,80)(H,65,81)(H,71,78)(H,72,82)(H,83,84). The number of aliphatic hydroxyl groups excluding tert-OH is 1. The summed E-state index contributed by atoms with van der Waals surface area (Å²) in [4.78, 5) is 141. The van der Waals surface area contributed by atoms with Crippen LogP contribution in [0.4, 0.5) is 0 Å². The van der Waals surface area contributed by atoms with Crippen LogP contribution >= 0.6 is 68.0 Å². The molecular formula is C59H52N14O11S6. The Hall–Kier alpha value is -9.63. The van der Waals surface area contributed by atoms with Crippen molar-refractivity contribution in [3.63, 3.8) is 0 Å². The van der Waals surface area contributed by atoms with Crippen LogP contribution in [-0.2, 0) is 25.6 Å². The number of nitrogens with one attached hydrogen (secondary N) is 6. The lowest BCUT2D eigenvalue weighted by Gasteiger charge is -2.26. The van der Waals surface area contributed by atoms with Crippen LogP contribution in [0.25, 0.3) is 43.4 Å². The number of rotatable bonds is 14. The molecule has 6 unspecified atom stereocenters. The number of fused-ring (bicyclic) bond motifs is 14.